The van der Waals surface area contributed by atoms with Crippen LogP contribution in [0.3, 0.4) is 0 Å². The fraction of sp³-hybridized carbons (Fsp3) is 0. The van der Waals surface area contributed by atoms with Crippen molar-refractivity contribution < 1.29 is 4.79 Å². The SMILES string of the molecule is NC(=O)c1ccn(Cl)c1. The lowest BCUT2D eigenvalue weighted by Crippen LogP contribution is -2.09. The summed E-state index contributed by atoms with van der Waals surface area (Å²) in [4.78, 5) is 10.4. The Morgan fingerprint density at radius 2 is 2.44 bits per heavy atom. The number of primary amides is 1. The molecule has 0 fully saturated rings. The normalized spacial score (nSPS) is 9.44. The summed E-state index contributed by atoms with van der Waals surface area (Å²) in [5.41, 5.74) is 5.34. The second-order valence-electron chi connectivity index (χ2n) is 1.61. The first kappa shape index (κ1) is 6.16. The van der Waals surface area contributed by atoms with E-state index in [4.69, 9.17) is 17.5 Å². The maximum atomic E-state index is 10.4. The van der Waals surface area contributed by atoms with Crippen LogP contribution < -0.4 is 5.73 Å². The van der Waals surface area contributed by atoms with Gasteiger partial charge in [0.05, 0.1) is 5.56 Å². The number of hydrogen-bond acceptors (Lipinski definition) is 1. The molecular weight excluding hydrogens is 140 g/mol. The van der Waals surface area contributed by atoms with Crippen LogP contribution in [-0.4, -0.2) is 9.99 Å². The van der Waals surface area contributed by atoms with Crippen LogP contribution in [0.2, 0.25) is 0 Å². The summed E-state index contributed by atoms with van der Waals surface area (Å²) in [5, 5.41) is 0. The summed E-state index contributed by atoms with van der Waals surface area (Å²) in [6.45, 7) is 0. The maximum absolute atomic E-state index is 10.4. The molecule has 0 atom stereocenters. The van der Waals surface area contributed by atoms with Gasteiger partial charge in [0, 0.05) is 24.2 Å². The molecule has 0 aliphatic heterocycles. The van der Waals surface area contributed by atoms with E-state index >= 15 is 0 Å². The molecule has 0 aromatic carbocycles. The van der Waals surface area contributed by atoms with Crippen LogP contribution in [0.4, 0.5) is 0 Å². The molecule has 0 aliphatic carbocycles. The van der Waals surface area contributed by atoms with Gasteiger partial charge in [-0.2, -0.15) is 0 Å². The molecule has 0 radical (unpaired) electrons. The van der Waals surface area contributed by atoms with Crippen molar-refractivity contribution in [2.45, 2.75) is 0 Å². The average Bonchev–Trinajstić information content (AvgIpc) is 2.14. The molecule has 0 aliphatic rings. The highest BCUT2D eigenvalue weighted by Gasteiger charge is 1.99. The van der Waals surface area contributed by atoms with Crippen LogP contribution in [0.1, 0.15) is 10.4 Å². The topological polar surface area (TPSA) is 48.0 Å². The Bertz CT molecular complexity index is 231. The van der Waals surface area contributed by atoms with Gasteiger partial charge < -0.3 is 5.73 Å². The van der Waals surface area contributed by atoms with E-state index in [-0.39, 0.29) is 0 Å². The van der Waals surface area contributed by atoms with E-state index in [1.54, 1.807) is 12.3 Å². The smallest absolute Gasteiger partial charge is 0.250 e. The zero-order chi connectivity index (χ0) is 6.85. The molecule has 1 amide bonds. The number of nitrogens with zero attached hydrogens (tertiary/aromatic N) is 1. The van der Waals surface area contributed by atoms with Crippen LogP contribution in [-0.2, 0) is 0 Å². The number of halogens is 1. The Morgan fingerprint density at radius 3 is 2.67 bits per heavy atom. The molecule has 0 bridgehead atoms. The van der Waals surface area contributed by atoms with E-state index in [9.17, 15) is 4.79 Å². The van der Waals surface area contributed by atoms with Crippen LogP contribution in [0.25, 0.3) is 0 Å². The van der Waals surface area contributed by atoms with Crippen molar-refractivity contribution >= 4 is 17.7 Å². The van der Waals surface area contributed by atoms with Gasteiger partial charge in [-0.3, -0.25) is 8.88 Å². The number of amides is 1. The Morgan fingerprint density at radius 1 is 1.78 bits per heavy atom. The summed E-state index contributed by atoms with van der Waals surface area (Å²) in [6.07, 6.45) is 2.99. The number of rotatable bonds is 1. The molecule has 2 N–H and O–H groups in total. The molecule has 1 aromatic heterocycles. The zero-order valence-electron chi connectivity index (χ0n) is 4.54. The molecule has 0 unspecified atom stereocenters. The van der Waals surface area contributed by atoms with E-state index in [1.165, 1.54) is 10.3 Å². The van der Waals surface area contributed by atoms with Crippen LogP contribution in [0.15, 0.2) is 18.5 Å². The van der Waals surface area contributed by atoms with Crippen molar-refractivity contribution in [3.63, 3.8) is 0 Å². The van der Waals surface area contributed by atoms with Gasteiger partial charge >= 0.3 is 0 Å². The maximum Gasteiger partial charge on any atom is 0.250 e. The molecule has 9 heavy (non-hydrogen) atoms. The van der Waals surface area contributed by atoms with Crippen molar-refractivity contribution in [3.8, 4) is 0 Å². The number of carbonyl (C=O) groups excluding carboxylic acids is 1. The first-order valence-electron chi connectivity index (χ1n) is 2.34. The molecular formula is C5H5ClN2O. The molecule has 4 heteroatoms. The Hall–Kier alpha value is -0.960. The lowest BCUT2D eigenvalue weighted by molar-refractivity contribution is 0.100. The number of nitrogens with two attached hydrogens (primary N) is 1. The van der Waals surface area contributed by atoms with E-state index in [1.807, 2.05) is 0 Å². The fourth-order valence-corrected chi connectivity index (χ4v) is 0.678. The highest BCUT2D eigenvalue weighted by molar-refractivity contribution is 6.15. The monoisotopic (exact) mass is 144 g/mol. The lowest BCUT2D eigenvalue weighted by Gasteiger charge is -1.82. The fourth-order valence-electron chi connectivity index (χ4n) is 0.516. The largest absolute Gasteiger partial charge is 0.366 e. The van der Waals surface area contributed by atoms with E-state index < -0.39 is 5.91 Å². The van der Waals surface area contributed by atoms with Crippen molar-refractivity contribution in [1.29, 1.82) is 0 Å². The Balaban J connectivity index is 2.98. The van der Waals surface area contributed by atoms with Crippen LogP contribution in [0, 0.1) is 0 Å². The first-order valence-corrected chi connectivity index (χ1v) is 2.68. The third kappa shape index (κ3) is 1.23. The van der Waals surface area contributed by atoms with Crippen LogP contribution >= 0.6 is 11.8 Å². The van der Waals surface area contributed by atoms with Gasteiger partial charge in [-0.05, 0) is 6.07 Å². The molecule has 0 spiro atoms. The highest BCUT2D eigenvalue weighted by atomic mass is 35.5. The lowest BCUT2D eigenvalue weighted by atomic mass is 10.3. The van der Waals surface area contributed by atoms with Crippen molar-refractivity contribution in [3.05, 3.63) is 24.0 Å². The predicted molar refractivity (Wildman–Crippen MR) is 34.2 cm³/mol. The predicted octanol–water partition coefficient (Wildman–Crippen LogP) is 0.589. The van der Waals surface area contributed by atoms with Gasteiger partial charge in [-0.15, -0.1) is 0 Å². The van der Waals surface area contributed by atoms with Gasteiger partial charge in [0.2, 0.25) is 5.91 Å². The summed E-state index contributed by atoms with van der Waals surface area (Å²) in [6, 6.07) is 1.55. The van der Waals surface area contributed by atoms with Gasteiger partial charge in [-0.1, -0.05) is 0 Å². The summed E-state index contributed by atoms with van der Waals surface area (Å²) < 4.78 is 1.25. The van der Waals surface area contributed by atoms with E-state index in [0.717, 1.165) is 0 Å². The van der Waals surface area contributed by atoms with Crippen molar-refractivity contribution in [2.75, 3.05) is 0 Å². The minimum absolute atomic E-state index is 0.421. The van der Waals surface area contributed by atoms with E-state index in [0.29, 0.717) is 5.56 Å². The molecule has 3 nitrogen and oxygen atoms in total. The second kappa shape index (κ2) is 2.11. The summed E-state index contributed by atoms with van der Waals surface area (Å²) in [5.74, 6) is -0.464. The third-order valence-corrected chi connectivity index (χ3v) is 1.15. The summed E-state index contributed by atoms with van der Waals surface area (Å²) >= 11 is 5.41. The van der Waals surface area contributed by atoms with Crippen molar-refractivity contribution in [2.24, 2.45) is 5.73 Å². The molecule has 0 saturated carbocycles. The Labute approximate surface area is 57.1 Å². The van der Waals surface area contributed by atoms with E-state index in [2.05, 4.69) is 0 Å². The van der Waals surface area contributed by atoms with Gasteiger partial charge in [0.1, 0.15) is 0 Å². The zero-order valence-corrected chi connectivity index (χ0v) is 5.30. The second-order valence-corrected chi connectivity index (χ2v) is 2.00. The standard InChI is InChI=1S/C5H5ClN2O/c6-8-2-1-4(3-8)5(7)9/h1-3H,(H2,7,9). The minimum atomic E-state index is -0.464. The first-order chi connectivity index (χ1) is 4.20. The molecule has 48 valence electrons. The molecule has 1 aromatic rings. The minimum Gasteiger partial charge on any atom is -0.366 e. The molecule has 0 saturated heterocycles. The number of hydrogen-bond donors (Lipinski definition) is 1. The average molecular weight is 145 g/mol. The van der Waals surface area contributed by atoms with Crippen molar-refractivity contribution in [1.82, 2.24) is 4.09 Å². The molecule has 1 rings (SSSR count). The van der Waals surface area contributed by atoms with Gasteiger partial charge in [-0.25, -0.2) is 0 Å². The number of carbonyl (C=O) groups is 1. The summed E-state index contributed by atoms with van der Waals surface area (Å²) in [7, 11) is 0. The highest BCUT2D eigenvalue weighted by Crippen LogP contribution is 2.00. The third-order valence-electron chi connectivity index (χ3n) is 0.943. The van der Waals surface area contributed by atoms with Gasteiger partial charge in [0.15, 0.2) is 0 Å². The molecule has 1 heterocycles. The van der Waals surface area contributed by atoms with Gasteiger partial charge in [0.25, 0.3) is 0 Å². The quantitative estimate of drug-likeness (QED) is 0.616. The Kier molecular flexibility index (Phi) is 1.44. The number of aromatic nitrogens is 1. The van der Waals surface area contributed by atoms with Crippen LogP contribution in [0.5, 0.6) is 0 Å².